The Labute approximate surface area is 101 Å². The molecule has 90 valence electrons. The minimum Gasteiger partial charge on any atom is -0.394 e. The van der Waals surface area contributed by atoms with Gasteiger partial charge in [0.15, 0.2) is 0 Å². The Morgan fingerprint density at radius 2 is 2.25 bits per heavy atom. The highest BCUT2D eigenvalue weighted by atomic mass is 35.5. The maximum atomic E-state index is 9.37. The predicted molar refractivity (Wildman–Crippen MR) is 67.1 cm³/mol. The summed E-state index contributed by atoms with van der Waals surface area (Å²) in [7, 11) is 0. The second kappa shape index (κ2) is 6.09. The van der Waals surface area contributed by atoms with Crippen molar-refractivity contribution in [2.45, 2.75) is 19.4 Å². The minimum absolute atomic E-state index is 0.000483. The first-order valence-corrected chi connectivity index (χ1v) is 5.70. The van der Waals surface area contributed by atoms with Crippen molar-refractivity contribution in [2.24, 2.45) is 0 Å². The highest BCUT2D eigenvalue weighted by molar-refractivity contribution is 6.30. The zero-order valence-electron chi connectivity index (χ0n) is 9.66. The smallest absolute Gasteiger partial charge is 0.0809 e. The highest BCUT2D eigenvalue weighted by Gasteiger charge is 2.23. The van der Waals surface area contributed by atoms with Crippen LogP contribution in [0.15, 0.2) is 24.3 Å². The molecule has 0 bridgehead atoms. The number of rotatable bonds is 6. The summed E-state index contributed by atoms with van der Waals surface area (Å²) in [4.78, 5) is 0. The molecule has 0 radical (unpaired) electrons. The number of nitrogens with one attached hydrogen (secondary N) is 1. The Kier molecular flexibility index (Phi) is 5.06. The summed E-state index contributed by atoms with van der Waals surface area (Å²) >= 11 is 5.89. The molecule has 16 heavy (non-hydrogen) atoms. The van der Waals surface area contributed by atoms with Crippen LogP contribution in [-0.4, -0.2) is 30.5 Å². The number of anilines is 1. The largest absolute Gasteiger partial charge is 0.394 e. The van der Waals surface area contributed by atoms with Crippen LogP contribution in [0, 0.1) is 0 Å². The van der Waals surface area contributed by atoms with Crippen molar-refractivity contribution < 1.29 is 9.84 Å². The summed E-state index contributed by atoms with van der Waals surface area (Å²) in [6, 6.07) is 7.40. The number of hydrogen-bond acceptors (Lipinski definition) is 3. The van der Waals surface area contributed by atoms with Gasteiger partial charge in [-0.2, -0.15) is 0 Å². The fraction of sp³-hybridized carbons (Fsp3) is 0.500. The molecule has 1 aromatic carbocycles. The fourth-order valence-corrected chi connectivity index (χ4v) is 1.55. The van der Waals surface area contributed by atoms with E-state index in [9.17, 15) is 5.11 Å². The molecule has 0 saturated heterocycles. The normalized spacial score (nSPS) is 14.5. The zero-order valence-corrected chi connectivity index (χ0v) is 10.4. The maximum absolute atomic E-state index is 9.37. The van der Waals surface area contributed by atoms with Crippen molar-refractivity contribution in [3.05, 3.63) is 29.3 Å². The van der Waals surface area contributed by atoms with E-state index in [1.54, 1.807) is 0 Å². The van der Waals surface area contributed by atoms with Crippen LogP contribution in [0.2, 0.25) is 5.02 Å². The van der Waals surface area contributed by atoms with E-state index in [1.165, 1.54) is 0 Å². The molecule has 1 aromatic rings. The third-order valence-corrected chi connectivity index (χ3v) is 2.48. The van der Waals surface area contributed by atoms with Crippen molar-refractivity contribution in [1.82, 2.24) is 0 Å². The van der Waals surface area contributed by atoms with Gasteiger partial charge in [0.05, 0.1) is 18.8 Å². The lowest BCUT2D eigenvalue weighted by atomic mass is 10.0. The molecule has 3 nitrogen and oxygen atoms in total. The summed E-state index contributed by atoms with van der Waals surface area (Å²) in [6.07, 6.45) is 0. The zero-order chi connectivity index (χ0) is 12.0. The van der Waals surface area contributed by atoms with E-state index < -0.39 is 5.54 Å². The van der Waals surface area contributed by atoms with Crippen LogP contribution in [0.4, 0.5) is 5.69 Å². The first kappa shape index (κ1) is 13.3. The van der Waals surface area contributed by atoms with Crippen LogP contribution < -0.4 is 5.32 Å². The van der Waals surface area contributed by atoms with Gasteiger partial charge in [0.1, 0.15) is 0 Å². The number of aliphatic hydroxyl groups is 1. The number of aliphatic hydroxyl groups excluding tert-OH is 1. The molecule has 0 aromatic heterocycles. The van der Waals surface area contributed by atoms with E-state index in [0.717, 1.165) is 5.69 Å². The molecule has 0 aliphatic carbocycles. The minimum atomic E-state index is -0.485. The van der Waals surface area contributed by atoms with Crippen LogP contribution in [0.3, 0.4) is 0 Å². The van der Waals surface area contributed by atoms with E-state index in [2.05, 4.69) is 5.32 Å². The van der Waals surface area contributed by atoms with Crippen LogP contribution in [0.5, 0.6) is 0 Å². The molecule has 1 rings (SSSR count). The van der Waals surface area contributed by atoms with Crippen molar-refractivity contribution in [2.75, 3.05) is 25.1 Å². The van der Waals surface area contributed by atoms with E-state index in [-0.39, 0.29) is 6.61 Å². The summed E-state index contributed by atoms with van der Waals surface area (Å²) in [5.41, 5.74) is 0.393. The Morgan fingerprint density at radius 3 is 2.81 bits per heavy atom. The third kappa shape index (κ3) is 4.00. The molecule has 2 N–H and O–H groups in total. The summed E-state index contributed by atoms with van der Waals surface area (Å²) in [6.45, 7) is 4.92. The van der Waals surface area contributed by atoms with E-state index in [0.29, 0.717) is 18.2 Å². The number of hydrogen-bond donors (Lipinski definition) is 2. The van der Waals surface area contributed by atoms with Gasteiger partial charge in [0.2, 0.25) is 0 Å². The number of halogens is 1. The van der Waals surface area contributed by atoms with Gasteiger partial charge in [-0.25, -0.2) is 0 Å². The Balaban J connectivity index is 2.68. The van der Waals surface area contributed by atoms with Crippen LogP contribution in [0.25, 0.3) is 0 Å². The van der Waals surface area contributed by atoms with E-state index in [1.807, 2.05) is 38.1 Å². The van der Waals surface area contributed by atoms with Gasteiger partial charge in [0.25, 0.3) is 0 Å². The predicted octanol–water partition coefficient (Wildman–Crippen LogP) is 2.54. The molecule has 1 atom stereocenters. The lowest BCUT2D eigenvalue weighted by Crippen LogP contribution is -2.43. The lowest BCUT2D eigenvalue weighted by Gasteiger charge is -2.29. The topological polar surface area (TPSA) is 41.5 Å². The molecule has 0 spiro atoms. The monoisotopic (exact) mass is 243 g/mol. The summed E-state index contributed by atoms with van der Waals surface area (Å²) in [5.74, 6) is 0. The highest BCUT2D eigenvalue weighted by Crippen LogP contribution is 2.19. The molecule has 0 amide bonds. The van der Waals surface area contributed by atoms with Gasteiger partial charge < -0.3 is 15.2 Å². The second-order valence-electron chi connectivity index (χ2n) is 3.99. The fourth-order valence-electron chi connectivity index (χ4n) is 1.36. The van der Waals surface area contributed by atoms with Crippen LogP contribution in [-0.2, 0) is 4.74 Å². The first-order valence-electron chi connectivity index (χ1n) is 5.32. The Hall–Kier alpha value is -0.770. The molecular formula is C12H18ClNO2. The van der Waals surface area contributed by atoms with Crippen LogP contribution in [0.1, 0.15) is 13.8 Å². The number of ether oxygens (including phenoxy) is 1. The Morgan fingerprint density at radius 1 is 1.50 bits per heavy atom. The molecular weight excluding hydrogens is 226 g/mol. The maximum Gasteiger partial charge on any atom is 0.0809 e. The second-order valence-corrected chi connectivity index (χ2v) is 4.43. The van der Waals surface area contributed by atoms with Crippen molar-refractivity contribution in [1.29, 1.82) is 0 Å². The molecule has 0 fully saturated rings. The SMILES string of the molecule is CCOCC(C)(CO)Nc1cccc(Cl)c1. The Bertz CT molecular complexity index is 333. The lowest BCUT2D eigenvalue weighted by molar-refractivity contribution is 0.0797. The first-order chi connectivity index (χ1) is 7.59. The van der Waals surface area contributed by atoms with Gasteiger partial charge in [-0.15, -0.1) is 0 Å². The van der Waals surface area contributed by atoms with Crippen molar-refractivity contribution in [3.8, 4) is 0 Å². The standard InChI is InChI=1S/C12H18ClNO2/c1-3-16-9-12(2,8-15)14-11-6-4-5-10(13)7-11/h4-7,14-15H,3,8-9H2,1-2H3. The van der Waals surface area contributed by atoms with Crippen molar-refractivity contribution >= 4 is 17.3 Å². The molecule has 4 heteroatoms. The van der Waals surface area contributed by atoms with Gasteiger partial charge in [-0.1, -0.05) is 17.7 Å². The van der Waals surface area contributed by atoms with E-state index >= 15 is 0 Å². The van der Waals surface area contributed by atoms with E-state index in [4.69, 9.17) is 16.3 Å². The quantitative estimate of drug-likeness (QED) is 0.807. The average molecular weight is 244 g/mol. The number of benzene rings is 1. The molecule has 1 unspecified atom stereocenters. The summed E-state index contributed by atoms with van der Waals surface area (Å²) in [5, 5.41) is 13.3. The van der Waals surface area contributed by atoms with Crippen LogP contribution >= 0.6 is 11.6 Å². The van der Waals surface area contributed by atoms with Gasteiger partial charge >= 0.3 is 0 Å². The average Bonchev–Trinajstić information content (AvgIpc) is 2.26. The van der Waals surface area contributed by atoms with Crippen molar-refractivity contribution in [3.63, 3.8) is 0 Å². The summed E-state index contributed by atoms with van der Waals surface area (Å²) < 4.78 is 5.34. The molecule has 0 heterocycles. The third-order valence-electron chi connectivity index (χ3n) is 2.24. The van der Waals surface area contributed by atoms with Gasteiger partial charge in [0, 0.05) is 17.3 Å². The van der Waals surface area contributed by atoms with Gasteiger partial charge in [-0.3, -0.25) is 0 Å². The molecule has 0 saturated carbocycles. The molecule has 0 aliphatic heterocycles. The molecule has 0 aliphatic rings. The van der Waals surface area contributed by atoms with Gasteiger partial charge in [-0.05, 0) is 32.0 Å².